The Bertz CT molecular complexity index is 547. The molecule has 1 aliphatic rings. The van der Waals surface area contributed by atoms with Gasteiger partial charge in [-0.25, -0.2) is 0 Å². The number of nitriles is 1. The van der Waals surface area contributed by atoms with Crippen LogP contribution in [-0.2, 0) is 9.53 Å². The van der Waals surface area contributed by atoms with Crippen molar-refractivity contribution in [1.82, 2.24) is 0 Å². The van der Waals surface area contributed by atoms with Gasteiger partial charge in [0.2, 0.25) is 0 Å². The summed E-state index contributed by atoms with van der Waals surface area (Å²) in [6, 6.07) is 7.59. The first-order valence-electron chi connectivity index (χ1n) is 6.76. The Morgan fingerprint density at radius 1 is 1.55 bits per heavy atom. The molecule has 20 heavy (non-hydrogen) atoms. The first-order valence-corrected chi connectivity index (χ1v) is 6.76. The molecule has 0 saturated carbocycles. The Morgan fingerprint density at radius 3 is 2.85 bits per heavy atom. The summed E-state index contributed by atoms with van der Waals surface area (Å²) in [5, 5.41) is 9.36. The molecule has 106 valence electrons. The maximum atomic E-state index is 12.5. The molecular formula is C16H19NO3. The van der Waals surface area contributed by atoms with E-state index in [1.807, 2.05) is 26.0 Å². The van der Waals surface area contributed by atoms with E-state index in [0.717, 1.165) is 5.56 Å². The first-order chi connectivity index (χ1) is 9.56. The zero-order valence-corrected chi connectivity index (χ0v) is 12.1. The van der Waals surface area contributed by atoms with E-state index in [-0.39, 0.29) is 17.8 Å². The lowest BCUT2D eigenvalue weighted by atomic mass is 9.86. The molecular weight excluding hydrogens is 254 g/mol. The second-order valence-electron chi connectivity index (χ2n) is 5.27. The van der Waals surface area contributed by atoms with Crippen molar-refractivity contribution in [3.8, 4) is 11.8 Å². The minimum Gasteiger partial charge on any atom is -0.496 e. The number of Topliss-reactive ketones (excluding diaryl/α,β-unsaturated/α-hetero) is 1. The number of ether oxygens (including phenoxy) is 2. The molecule has 4 heteroatoms. The largest absolute Gasteiger partial charge is 0.496 e. The fourth-order valence-corrected chi connectivity index (χ4v) is 2.57. The van der Waals surface area contributed by atoms with Gasteiger partial charge in [0.1, 0.15) is 11.7 Å². The van der Waals surface area contributed by atoms with E-state index in [4.69, 9.17) is 9.47 Å². The van der Waals surface area contributed by atoms with Gasteiger partial charge >= 0.3 is 0 Å². The lowest BCUT2D eigenvalue weighted by Crippen LogP contribution is -2.21. The Kier molecular flexibility index (Phi) is 4.41. The molecule has 1 heterocycles. The SMILES string of the molecule is COc1cc(C(C#N)C(=O)C2COC(C)C2)ccc1C. The number of rotatable bonds is 4. The topological polar surface area (TPSA) is 59.3 Å². The summed E-state index contributed by atoms with van der Waals surface area (Å²) >= 11 is 0. The van der Waals surface area contributed by atoms with Gasteiger partial charge in [0.05, 0.1) is 25.9 Å². The van der Waals surface area contributed by atoms with Crippen LogP contribution in [0.3, 0.4) is 0 Å². The monoisotopic (exact) mass is 273 g/mol. The molecule has 0 N–H and O–H groups in total. The molecule has 0 aliphatic carbocycles. The van der Waals surface area contributed by atoms with Crippen LogP contribution in [0.15, 0.2) is 18.2 Å². The molecule has 1 aliphatic heterocycles. The summed E-state index contributed by atoms with van der Waals surface area (Å²) in [5.41, 5.74) is 1.68. The average Bonchev–Trinajstić information content (AvgIpc) is 2.88. The fourth-order valence-electron chi connectivity index (χ4n) is 2.57. The van der Waals surface area contributed by atoms with E-state index in [2.05, 4.69) is 6.07 Å². The molecule has 0 aromatic heterocycles. The van der Waals surface area contributed by atoms with Gasteiger partial charge in [-0.15, -0.1) is 0 Å². The zero-order chi connectivity index (χ0) is 14.7. The molecule has 0 radical (unpaired) electrons. The van der Waals surface area contributed by atoms with Crippen LogP contribution in [0, 0.1) is 24.2 Å². The molecule has 2 rings (SSSR count). The Hall–Kier alpha value is -1.86. The van der Waals surface area contributed by atoms with Gasteiger partial charge in [0, 0.05) is 5.92 Å². The van der Waals surface area contributed by atoms with Gasteiger partial charge in [0.25, 0.3) is 0 Å². The number of ketones is 1. The first kappa shape index (κ1) is 14.5. The van der Waals surface area contributed by atoms with Crippen molar-refractivity contribution >= 4 is 5.78 Å². The highest BCUT2D eigenvalue weighted by Crippen LogP contribution is 2.30. The summed E-state index contributed by atoms with van der Waals surface area (Å²) in [4.78, 5) is 12.5. The van der Waals surface area contributed by atoms with Crippen LogP contribution >= 0.6 is 0 Å². The van der Waals surface area contributed by atoms with E-state index >= 15 is 0 Å². The van der Waals surface area contributed by atoms with Crippen molar-refractivity contribution < 1.29 is 14.3 Å². The fraction of sp³-hybridized carbons (Fsp3) is 0.500. The molecule has 1 aromatic carbocycles. The molecule has 3 atom stereocenters. The minimum absolute atomic E-state index is 0.0530. The maximum absolute atomic E-state index is 12.5. The summed E-state index contributed by atoms with van der Waals surface area (Å²) in [7, 11) is 1.59. The van der Waals surface area contributed by atoms with Gasteiger partial charge in [-0.1, -0.05) is 12.1 Å². The lowest BCUT2D eigenvalue weighted by molar-refractivity contribution is -0.123. The molecule has 1 fully saturated rings. The van der Waals surface area contributed by atoms with Crippen LogP contribution in [-0.4, -0.2) is 25.6 Å². The predicted octanol–water partition coefficient (Wildman–Crippen LogP) is 2.60. The Morgan fingerprint density at radius 2 is 2.30 bits per heavy atom. The van der Waals surface area contributed by atoms with Gasteiger partial charge in [0.15, 0.2) is 5.78 Å². The minimum atomic E-state index is -0.747. The Balaban J connectivity index is 2.24. The molecule has 0 spiro atoms. The lowest BCUT2D eigenvalue weighted by Gasteiger charge is -2.14. The third-order valence-electron chi connectivity index (χ3n) is 3.78. The maximum Gasteiger partial charge on any atom is 0.159 e. The third kappa shape index (κ3) is 2.83. The number of nitrogens with zero attached hydrogens (tertiary/aromatic N) is 1. The molecule has 1 aromatic rings. The van der Waals surface area contributed by atoms with Crippen molar-refractivity contribution in [1.29, 1.82) is 5.26 Å². The smallest absolute Gasteiger partial charge is 0.159 e. The quantitative estimate of drug-likeness (QED) is 0.846. The number of hydrogen-bond donors (Lipinski definition) is 0. The standard InChI is InChI=1S/C16H19NO3/c1-10-4-5-12(7-15(10)19-3)14(8-17)16(18)13-6-11(2)20-9-13/h4-5,7,11,13-14H,6,9H2,1-3H3. The number of methoxy groups -OCH3 is 1. The highest BCUT2D eigenvalue weighted by Gasteiger charge is 2.33. The second-order valence-corrected chi connectivity index (χ2v) is 5.27. The second kappa shape index (κ2) is 6.06. The number of carbonyl (C=O) groups excluding carboxylic acids is 1. The van der Waals surface area contributed by atoms with Crippen LogP contribution in [0.1, 0.15) is 30.4 Å². The van der Waals surface area contributed by atoms with E-state index in [1.165, 1.54) is 0 Å². The summed E-state index contributed by atoms with van der Waals surface area (Å²) in [6.07, 6.45) is 0.788. The predicted molar refractivity (Wildman–Crippen MR) is 74.6 cm³/mol. The molecule has 0 amide bonds. The van der Waals surface area contributed by atoms with Crippen LogP contribution in [0.25, 0.3) is 0 Å². The number of benzene rings is 1. The van der Waals surface area contributed by atoms with E-state index in [9.17, 15) is 10.1 Å². The van der Waals surface area contributed by atoms with Gasteiger partial charge < -0.3 is 9.47 Å². The highest BCUT2D eigenvalue weighted by molar-refractivity contribution is 5.90. The summed E-state index contributed by atoms with van der Waals surface area (Å²) < 4.78 is 10.7. The summed E-state index contributed by atoms with van der Waals surface area (Å²) in [5.74, 6) is -0.278. The van der Waals surface area contributed by atoms with E-state index < -0.39 is 5.92 Å². The molecule has 3 unspecified atom stereocenters. The summed E-state index contributed by atoms with van der Waals surface area (Å²) in [6.45, 7) is 4.29. The molecule has 4 nitrogen and oxygen atoms in total. The normalized spacial score (nSPS) is 23.1. The van der Waals surface area contributed by atoms with Crippen LogP contribution in [0.5, 0.6) is 5.75 Å². The van der Waals surface area contributed by atoms with Crippen LogP contribution in [0.4, 0.5) is 0 Å². The van der Waals surface area contributed by atoms with Crippen LogP contribution < -0.4 is 4.74 Å². The third-order valence-corrected chi connectivity index (χ3v) is 3.78. The number of aryl methyl sites for hydroxylation is 1. The van der Waals surface area contributed by atoms with Crippen molar-refractivity contribution in [2.24, 2.45) is 5.92 Å². The van der Waals surface area contributed by atoms with Gasteiger partial charge in [-0.05, 0) is 37.5 Å². The molecule has 0 bridgehead atoms. The zero-order valence-electron chi connectivity index (χ0n) is 12.1. The van der Waals surface area contributed by atoms with Crippen molar-refractivity contribution in [2.75, 3.05) is 13.7 Å². The van der Waals surface area contributed by atoms with Crippen molar-refractivity contribution in [3.63, 3.8) is 0 Å². The number of hydrogen-bond acceptors (Lipinski definition) is 4. The van der Waals surface area contributed by atoms with Crippen molar-refractivity contribution in [3.05, 3.63) is 29.3 Å². The van der Waals surface area contributed by atoms with E-state index in [1.54, 1.807) is 13.2 Å². The molecule has 1 saturated heterocycles. The van der Waals surface area contributed by atoms with Crippen molar-refractivity contribution in [2.45, 2.75) is 32.3 Å². The van der Waals surface area contributed by atoms with Gasteiger partial charge in [-0.3, -0.25) is 4.79 Å². The van der Waals surface area contributed by atoms with Gasteiger partial charge in [-0.2, -0.15) is 5.26 Å². The number of carbonyl (C=O) groups is 1. The van der Waals surface area contributed by atoms with Crippen LogP contribution in [0.2, 0.25) is 0 Å². The Labute approximate surface area is 119 Å². The van der Waals surface area contributed by atoms with E-state index in [0.29, 0.717) is 24.3 Å². The average molecular weight is 273 g/mol. The highest BCUT2D eigenvalue weighted by atomic mass is 16.5.